The molecular formula is C11H15BrFN. The highest BCUT2D eigenvalue weighted by atomic mass is 79.9. The molecule has 3 heteroatoms. The van der Waals surface area contributed by atoms with Crippen LogP contribution in [0.2, 0.25) is 0 Å². The van der Waals surface area contributed by atoms with Gasteiger partial charge in [0, 0.05) is 10.5 Å². The van der Waals surface area contributed by atoms with Gasteiger partial charge >= 0.3 is 0 Å². The molecular weight excluding hydrogens is 245 g/mol. The molecule has 1 nitrogen and oxygen atoms in total. The SMILES string of the molecule is CCNC(C)Cc1ccc(Br)cc1F. The molecule has 14 heavy (non-hydrogen) atoms. The molecule has 1 aromatic carbocycles. The van der Waals surface area contributed by atoms with Crippen molar-refractivity contribution in [2.75, 3.05) is 6.54 Å². The molecule has 0 fully saturated rings. The maximum absolute atomic E-state index is 13.4. The van der Waals surface area contributed by atoms with E-state index in [0.29, 0.717) is 6.04 Å². The molecule has 1 atom stereocenters. The van der Waals surface area contributed by atoms with E-state index < -0.39 is 0 Å². The Bertz CT molecular complexity index is 301. The molecule has 0 saturated carbocycles. The first-order valence-electron chi connectivity index (χ1n) is 4.80. The average Bonchev–Trinajstić information content (AvgIpc) is 2.10. The zero-order valence-electron chi connectivity index (χ0n) is 8.48. The second-order valence-corrected chi connectivity index (χ2v) is 4.31. The minimum absolute atomic E-state index is 0.135. The third-order valence-electron chi connectivity index (χ3n) is 2.09. The predicted molar refractivity (Wildman–Crippen MR) is 60.9 cm³/mol. The summed E-state index contributed by atoms with van der Waals surface area (Å²) < 4.78 is 14.2. The highest BCUT2D eigenvalue weighted by Crippen LogP contribution is 2.16. The summed E-state index contributed by atoms with van der Waals surface area (Å²) in [7, 11) is 0. The van der Waals surface area contributed by atoms with Gasteiger partial charge in [-0.15, -0.1) is 0 Å². The fourth-order valence-corrected chi connectivity index (χ4v) is 1.77. The van der Waals surface area contributed by atoms with Crippen molar-refractivity contribution < 1.29 is 4.39 Å². The Kier molecular flexibility index (Phi) is 4.55. The van der Waals surface area contributed by atoms with E-state index in [9.17, 15) is 4.39 Å². The van der Waals surface area contributed by atoms with Gasteiger partial charge in [0.1, 0.15) is 5.82 Å². The highest BCUT2D eigenvalue weighted by molar-refractivity contribution is 9.10. The molecule has 0 heterocycles. The van der Waals surface area contributed by atoms with Crippen LogP contribution in [0.1, 0.15) is 19.4 Å². The molecule has 78 valence electrons. The van der Waals surface area contributed by atoms with Gasteiger partial charge in [-0.3, -0.25) is 0 Å². The van der Waals surface area contributed by atoms with Gasteiger partial charge < -0.3 is 5.32 Å². The van der Waals surface area contributed by atoms with Gasteiger partial charge in [0.25, 0.3) is 0 Å². The van der Waals surface area contributed by atoms with Gasteiger partial charge in [0.05, 0.1) is 0 Å². The van der Waals surface area contributed by atoms with E-state index in [1.54, 1.807) is 0 Å². The van der Waals surface area contributed by atoms with Crippen LogP contribution in [-0.2, 0) is 6.42 Å². The molecule has 0 aliphatic heterocycles. The first-order valence-corrected chi connectivity index (χ1v) is 5.60. The van der Waals surface area contributed by atoms with Crippen molar-refractivity contribution in [3.05, 3.63) is 34.1 Å². The molecule has 0 spiro atoms. The number of hydrogen-bond acceptors (Lipinski definition) is 1. The van der Waals surface area contributed by atoms with Crippen molar-refractivity contribution in [2.24, 2.45) is 0 Å². The normalized spacial score (nSPS) is 12.9. The lowest BCUT2D eigenvalue weighted by Gasteiger charge is -2.12. The largest absolute Gasteiger partial charge is 0.314 e. The molecule has 0 bridgehead atoms. The summed E-state index contributed by atoms with van der Waals surface area (Å²) in [4.78, 5) is 0. The summed E-state index contributed by atoms with van der Waals surface area (Å²) in [6.07, 6.45) is 0.729. The lowest BCUT2D eigenvalue weighted by atomic mass is 10.1. The second kappa shape index (κ2) is 5.47. The monoisotopic (exact) mass is 259 g/mol. The third-order valence-corrected chi connectivity index (χ3v) is 2.59. The topological polar surface area (TPSA) is 12.0 Å². The van der Waals surface area contributed by atoms with Crippen molar-refractivity contribution in [3.63, 3.8) is 0 Å². The molecule has 1 aromatic rings. The van der Waals surface area contributed by atoms with E-state index in [4.69, 9.17) is 0 Å². The van der Waals surface area contributed by atoms with E-state index in [-0.39, 0.29) is 5.82 Å². The molecule has 0 aromatic heterocycles. The Labute approximate surface area is 92.8 Å². The van der Waals surface area contributed by atoms with Crippen molar-refractivity contribution in [2.45, 2.75) is 26.3 Å². The summed E-state index contributed by atoms with van der Waals surface area (Å²) in [5, 5.41) is 3.26. The molecule has 0 aliphatic rings. The number of likely N-dealkylation sites (N-methyl/N-ethyl adjacent to an activating group) is 1. The van der Waals surface area contributed by atoms with Gasteiger partial charge in [0.2, 0.25) is 0 Å². The Morgan fingerprint density at radius 2 is 2.21 bits per heavy atom. The Hall–Kier alpha value is -0.410. The van der Waals surface area contributed by atoms with Gasteiger partial charge in [-0.05, 0) is 37.6 Å². The van der Waals surface area contributed by atoms with Crippen LogP contribution in [0.25, 0.3) is 0 Å². The maximum Gasteiger partial charge on any atom is 0.127 e. The minimum atomic E-state index is -0.135. The summed E-state index contributed by atoms with van der Waals surface area (Å²) in [5.41, 5.74) is 0.765. The summed E-state index contributed by atoms with van der Waals surface area (Å²) >= 11 is 3.24. The zero-order valence-corrected chi connectivity index (χ0v) is 10.1. The first kappa shape index (κ1) is 11.7. The van der Waals surface area contributed by atoms with Gasteiger partial charge in [-0.1, -0.05) is 28.9 Å². The van der Waals surface area contributed by atoms with Crippen LogP contribution in [0.4, 0.5) is 4.39 Å². The van der Waals surface area contributed by atoms with Crippen molar-refractivity contribution in [1.29, 1.82) is 0 Å². The van der Waals surface area contributed by atoms with Crippen LogP contribution in [0.3, 0.4) is 0 Å². The van der Waals surface area contributed by atoms with E-state index in [0.717, 1.165) is 23.0 Å². The van der Waals surface area contributed by atoms with Crippen molar-refractivity contribution >= 4 is 15.9 Å². The van der Waals surface area contributed by atoms with E-state index >= 15 is 0 Å². The number of halogens is 2. The number of rotatable bonds is 4. The smallest absolute Gasteiger partial charge is 0.127 e. The summed E-state index contributed by atoms with van der Waals surface area (Å²) in [6, 6.07) is 5.52. The maximum atomic E-state index is 13.4. The quantitative estimate of drug-likeness (QED) is 0.877. The van der Waals surface area contributed by atoms with Crippen molar-refractivity contribution in [3.8, 4) is 0 Å². The average molecular weight is 260 g/mol. The van der Waals surface area contributed by atoms with Crippen LogP contribution in [0, 0.1) is 5.82 Å². The van der Waals surface area contributed by atoms with Crippen LogP contribution in [0.5, 0.6) is 0 Å². The van der Waals surface area contributed by atoms with Crippen LogP contribution < -0.4 is 5.32 Å². The minimum Gasteiger partial charge on any atom is -0.314 e. The van der Waals surface area contributed by atoms with E-state index in [2.05, 4.69) is 35.1 Å². The fraction of sp³-hybridized carbons (Fsp3) is 0.455. The lowest BCUT2D eigenvalue weighted by molar-refractivity contribution is 0.540. The van der Waals surface area contributed by atoms with Crippen molar-refractivity contribution in [1.82, 2.24) is 5.32 Å². The molecule has 0 amide bonds. The summed E-state index contributed by atoms with van der Waals surface area (Å²) in [5.74, 6) is -0.135. The van der Waals surface area contributed by atoms with Crippen LogP contribution in [0.15, 0.2) is 22.7 Å². The first-order chi connectivity index (χ1) is 6.63. The van der Waals surface area contributed by atoms with Gasteiger partial charge in [-0.2, -0.15) is 0 Å². The standard InChI is InChI=1S/C11H15BrFN/c1-3-14-8(2)6-9-4-5-10(12)7-11(9)13/h4-5,7-8,14H,3,6H2,1-2H3. The fourth-order valence-electron chi connectivity index (χ4n) is 1.44. The van der Waals surface area contributed by atoms with E-state index in [1.165, 1.54) is 6.07 Å². The van der Waals surface area contributed by atoms with Gasteiger partial charge in [-0.25, -0.2) is 4.39 Å². The predicted octanol–water partition coefficient (Wildman–Crippen LogP) is 3.13. The van der Waals surface area contributed by atoms with Crippen LogP contribution >= 0.6 is 15.9 Å². The molecule has 0 saturated heterocycles. The molecule has 1 N–H and O–H groups in total. The molecule has 1 unspecified atom stereocenters. The van der Waals surface area contributed by atoms with E-state index in [1.807, 2.05) is 12.1 Å². The summed E-state index contributed by atoms with van der Waals surface area (Å²) in [6.45, 7) is 5.03. The highest BCUT2D eigenvalue weighted by Gasteiger charge is 2.06. The Morgan fingerprint density at radius 3 is 2.79 bits per heavy atom. The zero-order chi connectivity index (χ0) is 10.6. The lowest BCUT2D eigenvalue weighted by Crippen LogP contribution is -2.27. The van der Waals surface area contributed by atoms with Gasteiger partial charge in [0.15, 0.2) is 0 Å². The Morgan fingerprint density at radius 1 is 1.50 bits per heavy atom. The number of benzene rings is 1. The second-order valence-electron chi connectivity index (χ2n) is 3.40. The van der Waals surface area contributed by atoms with Crippen LogP contribution in [-0.4, -0.2) is 12.6 Å². The Balaban J connectivity index is 2.67. The molecule has 0 radical (unpaired) electrons. The number of hydrogen-bond donors (Lipinski definition) is 1. The molecule has 0 aliphatic carbocycles. The third kappa shape index (κ3) is 3.39. The molecule has 1 rings (SSSR count). The number of nitrogens with one attached hydrogen (secondary N) is 1.